The minimum absolute atomic E-state index is 0.0601. The first-order chi connectivity index (χ1) is 8.87. The van der Waals surface area contributed by atoms with Gasteiger partial charge in [-0.05, 0) is 13.3 Å². The van der Waals surface area contributed by atoms with Gasteiger partial charge in [0.15, 0.2) is 0 Å². The maximum absolute atomic E-state index is 12.6. The Morgan fingerprint density at radius 2 is 2.11 bits per heavy atom. The number of piperazine rings is 1. The predicted octanol–water partition coefficient (Wildman–Crippen LogP) is -0.310. The molecule has 1 saturated heterocycles. The molecule has 1 heterocycles. The van der Waals surface area contributed by atoms with Crippen molar-refractivity contribution in [3.63, 3.8) is 0 Å². The van der Waals surface area contributed by atoms with Crippen LogP contribution in [0.1, 0.15) is 20.3 Å². The third kappa shape index (κ3) is 3.25. The molecule has 1 N–H and O–H groups in total. The molecular formula is C13H25N3O3. The second-order valence-corrected chi connectivity index (χ2v) is 5.24. The zero-order chi connectivity index (χ0) is 14.6. The van der Waals surface area contributed by atoms with Crippen molar-refractivity contribution in [2.75, 3.05) is 40.8 Å². The predicted molar refractivity (Wildman–Crippen MR) is 72.8 cm³/mol. The third-order valence-electron chi connectivity index (χ3n) is 3.81. The van der Waals surface area contributed by atoms with E-state index in [4.69, 9.17) is 4.74 Å². The summed E-state index contributed by atoms with van der Waals surface area (Å²) in [5, 5.41) is 3.16. The van der Waals surface area contributed by atoms with Crippen LogP contribution < -0.4 is 5.32 Å². The quantitative estimate of drug-likeness (QED) is 0.762. The highest BCUT2D eigenvalue weighted by atomic mass is 16.5. The highest BCUT2D eigenvalue weighted by Crippen LogP contribution is 2.20. The lowest BCUT2D eigenvalue weighted by molar-refractivity contribution is -0.161. The highest BCUT2D eigenvalue weighted by Gasteiger charge is 2.41. The Balaban J connectivity index is 2.94. The molecule has 6 heteroatoms. The maximum Gasteiger partial charge on any atom is 0.255 e. The third-order valence-corrected chi connectivity index (χ3v) is 3.81. The number of nitrogens with zero attached hydrogens (tertiary/aromatic N) is 2. The molecule has 0 aromatic rings. The summed E-state index contributed by atoms with van der Waals surface area (Å²) in [4.78, 5) is 28.0. The molecule has 0 aliphatic carbocycles. The monoisotopic (exact) mass is 271 g/mol. The van der Waals surface area contributed by atoms with Crippen molar-refractivity contribution in [1.29, 1.82) is 0 Å². The lowest BCUT2D eigenvalue weighted by atomic mass is 9.99. The molecule has 0 aromatic carbocycles. The fourth-order valence-electron chi connectivity index (χ4n) is 2.15. The maximum atomic E-state index is 12.6. The first-order valence-corrected chi connectivity index (χ1v) is 6.65. The zero-order valence-corrected chi connectivity index (χ0v) is 12.5. The van der Waals surface area contributed by atoms with Crippen LogP contribution in [0.25, 0.3) is 0 Å². The van der Waals surface area contributed by atoms with Gasteiger partial charge in [0.05, 0.1) is 0 Å². The van der Waals surface area contributed by atoms with E-state index in [1.165, 1.54) is 12.0 Å². The lowest BCUT2D eigenvalue weighted by Crippen LogP contribution is -2.63. The second-order valence-electron chi connectivity index (χ2n) is 5.24. The lowest BCUT2D eigenvalue weighted by Gasteiger charge is -2.40. The van der Waals surface area contributed by atoms with Crippen LogP contribution in [0, 0.1) is 0 Å². The number of methoxy groups -OCH3 is 1. The van der Waals surface area contributed by atoms with Gasteiger partial charge < -0.3 is 19.9 Å². The second kappa shape index (κ2) is 6.34. The fourth-order valence-corrected chi connectivity index (χ4v) is 2.15. The molecule has 0 aromatic heterocycles. The van der Waals surface area contributed by atoms with Crippen LogP contribution >= 0.6 is 0 Å². The van der Waals surface area contributed by atoms with Gasteiger partial charge in [-0.1, -0.05) is 6.92 Å². The van der Waals surface area contributed by atoms with Gasteiger partial charge >= 0.3 is 0 Å². The summed E-state index contributed by atoms with van der Waals surface area (Å²) in [5.41, 5.74) is -0.859. The van der Waals surface area contributed by atoms with E-state index >= 15 is 0 Å². The summed E-state index contributed by atoms with van der Waals surface area (Å²) in [6.07, 6.45) is 0.579. The average molecular weight is 271 g/mol. The molecule has 1 fully saturated rings. The van der Waals surface area contributed by atoms with Crippen LogP contribution in [-0.4, -0.2) is 74.1 Å². The highest BCUT2D eigenvalue weighted by molar-refractivity contribution is 5.91. The molecule has 19 heavy (non-hydrogen) atoms. The summed E-state index contributed by atoms with van der Waals surface area (Å²) in [6, 6.07) is -0.447. The van der Waals surface area contributed by atoms with Gasteiger partial charge in [-0.25, -0.2) is 0 Å². The summed E-state index contributed by atoms with van der Waals surface area (Å²) in [7, 11) is 4.94. The minimum atomic E-state index is -0.859. The summed E-state index contributed by atoms with van der Waals surface area (Å²) in [6.45, 7) is 5.40. The summed E-state index contributed by atoms with van der Waals surface area (Å²) in [5.74, 6) is -0.172. The Bertz CT molecular complexity index is 340. The number of likely N-dealkylation sites (N-methyl/N-ethyl adjacent to an activating group) is 1. The molecule has 2 atom stereocenters. The van der Waals surface area contributed by atoms with Crippen molar-refractivity contribution in [2.45, 2.75) is 31.9 Å². The van der Waals surface area contributed by atoms with E-state index in [0.717, 1.165) is 0 Å². The van der Waals surface area contributed by atoms with Gasteiger partial charge in [0, 0.05) is 40.8 Å². The Morgan fingerprint density at radius 3 is 2.58 bits per heavy atom. The van der Waals surface area contributed by atoms with Crippen LogP contribution in [-0.2, 0) is 14.3 Å². The van der Waals surface area contributed by atoms with E-state index in [2.05, 4.69) is 5.32 Å². The molecule has 0 bridgehead atoms. The number of carbonyl (C=O) groups is 2. The Hall–Kier alpha value is -1.14. The standard InChI is InChI=1S/C13H25N3O3/c1-6-13(2,19-5)12(18)16-8-7-14-9-10(16)11(17)15(3)4/h10,14H,6-9H2,1-5H3. The molecule has 2 unspecified atom stereocenters. The van der Waals surface area contributed by atoms with Crippen LogP contribution in [0.3, 0.4) is 0 Å². The van der Waals surface area contributed by atoms with E-state index in [0.29, 0.717) is 26.1 Å². The van der Waals surface area contributed by atoms with E-state index in [9.17, 15) is 9.59 Å². The number of carbonyl (C=O) groups excluding carboxylic acids is 2. The molecule has 1 aliphatic rings. The number of hydrogen-bond donors (Lipinski definition) is 1. The largest absolute Gasteiger partial charge is 0.369 e. The number of nitrogens with one attached hydrogen (secondary N) is 1. The average Bonchev–Trinajstić information content (AvgIpc) is 2.44. The molecular weight excluding hydrogens is 246 g/mol. The first-order valence-electron chi connectivity index (χ1n) is 6.65. The van der Waals surface area contributed by atoms with Crippen molar-refractivity contribution < 1.29 is 14.3 Å². The minimum Gasteiger partial charge on any atom is -0.369 e. The molecule has 1 aliphatic heterocycles. The number of ether oxygens (including phenoxy) is 1. The molecule has 0 spiro atoms. The Kier molecular flexibility index (Phi) is 5.31. The van der Waals surface area contributed by atoms with Gasteiger partial charge in [0.25, 0.3) is 5.91 Å². The normalized spacial score (nSPS) is 22.8. The molecule has 0 radical (unpaired) electrons. The first kappa shape index (κ1) is 15.9. The van der Waals surface area contributed by atoms with E-state index < -0.39 is 11.6 Å². The van der Waals surface area contributed by atoms with Crippen molar-refractivity contribution in [3.05, 3.63) is 0 Å². The fraction of sp³-hybridized carbons (Fsp3) is 0.846. The summed E-state index contributed by atoms with van der Waals surface area (Å²) >= 11 is 0. The van der Waals surface area contributed by atoms with E-state index in [-0.39, 0.29) is 11.8 Å². The molecule has 110 valence electrons. The van der Waals surface area contributed by atoms with Crippen LogP contribution in [0.15, 0.2) is 0 Å². The van der Waals surface area contributed by atoms with E-state index in [1.807, 2.05) is 6.92 Å². The van der Waals surface area contributed by atoms with Crippen molar-refractivity contribution in [2.24, 2.45) is 0 Å². The molecule has 6 nitrogen and oxygen atoms in total. The van der Waals surface area contributed by atoms with Crippen molar-refractivity contribution >= 4 is 11.8 Å². The smallest absolute Gasteiger partial charge is 0.255 e. The Labute approximate surface area is 115 Å². The van der Waals surface area contributed by atoms with Gasteiger partial charge in [-0.3, -0.25) is 9.59 Å². The topological polar surface area (TPSA) is 61.9 Å². The number of amides is 2. The van der Waals surface area contributed by atoms with Crippen LogP contribution in [0.2, 0.25) is 0 Å². The molecule has 1 rings (SSSR count). The van der Waals surface area contributed by atoms with Gasteiger partial charge in [0.1, 0.15) is 11.6 Å². The van der Waals surface area contributed by atoms with Gasteiger partial charge in [0.2, 0.25) is 5.91 Å². The summed E-state index contributed by atoms with van der Waals surface area (Å²) < 4.78 is 5.35. The molecule has 2 amide bonds. The van der Waals surface area contributed by atoms with Crippen LogP contribution in [0.5, 0.6) is 0 Å². The van der Waals surface area contributed by atoms with Gasteiger partial charge in [-0.2, -0.15) is 0 Å². The number of hydrogen-bond acceptors (Lipinski definition) is 4. The van der Waals surface area contributed by atoms with E-state index in [1.54, 1.807) is 25.9 Å². The molecule has 0 saturated carbocycles. The number of rotatable bonds is 4. The SMILES string of the molecule is CCC(C)(OC)C(=O)N1CCNCC1C(=O)N(C)C. The van der Waals surface area contributed by atoms with Crippen LogP contribution in [0.4, 0.5) is 0 Å². The zero-order valence-electron chi connectivity index (χ0n) is 12.5. The Morgan fingerprint density at radius 1 is 1.47 bits per heavy atom. The van der Waals surface area contributed by atoms with Crippen molar-refractivity contribution in [3.8, 4) is 0 Å². The van der Waals surface area contributed by atoms with Gasteiger partial charge in [-0.15, -0.1) is 0 Å². The van der Waals surface area contributed by atoms with Crippen molar-refractivity contribution in [1.82, 2.24) is 15.1 Å².